The number of rotatable bonds is 4. The second-order valence-electron chi connectivity index (χ2n) is 8.21. The van der Waals surface area contributed by atoms with Gasteiger partial charge in [0.15, 0.2) is 0 Å². The first kappa shape index (κ1) is 22.4. The maximum atomic E-state index is 12.9. The zero-order valence-electron chi connectivity index (χ0n) is 17.7. The number of piperidine rings is 1. The van der Waals surface area contributed by atoms with E-state index in [2.05, 4.69) is 10.6 Å². The molecule has 1 aromatic carbocycles. The van der Waals surface area contributed by atoms with Gasteiger partial charge in [-0.05, 0) is 43.9 Å². The van der Waals surface area contributed by atoms with Gasteiger partial charge in [0.05, 0.1) is 10.6 Å². The monoisotopic (exact) mass is 434 g/mol. The average Bonchev–Trinajstić information content (AvgIpc) is 2.78. The predicted octanol–water partition coefficient (Wildman–Crippen LogP) is 3.73. The van der Waals surface area contributed by atoms with Gasteiger partial charge < -0.3 is 20.4 Å². The van der Waals surface area contributed by atoms with Gasteiger partial charge in [-0.2, -0.15) is 0 Å². The van der Waals surface area contributed by atoms with Crippen LogP contribution in [0.15, 0.2) is 18.2 Å². The number of urea groups is 1. The molecule has 7 nitrogen and oxygen atoms in total. The average molecular weight is 435 g/mol. The van der Waals surface area contributed by atoms with Crippen LogP contribution < -0.4 is 10.6 Å². The van der Waals surface area contributed by atoms with Gasteiger partial charge in [0.1, 0.15) is 0 Å². The lowest BCUT2D eigenvalue weighted by Gasteiger charge is -2.32. The number of hydrogen-bond acceptors (Lipinski definition) is 3. The number of halogens is 1. The van der Waals surface area contributed by atoms with Gasteiger partial charge >= 0.3 is 6.03 Å². The first-order valence-electron chi connectivity index (χ1n) is 10.7. The van der Waals surface area contributed by atoms with Crippen LogP contribution in [0.2, 0.25) is 5.02 Å². The van der Waals surface area contributed by atoms with Gasteiger partial charge in [-0.1, -0.05) is 30.9 Å². The summed E-state index contributed by atoms with van der Waals surface area (Å²) >= 11 is 6.39. The Morgan fingerprint density at radius 3 is 2.33 bits per heavy atom. The van der Waals surface area contributed by atoms with Crippen molar-refractivity contribution in [2.75, 3.05) is 32.5 Å². The molecule has 0 radical (unpaired) electrons. The van der Waals surface area contributed by atoms with Gasteiger partial charge in [0.25, 0.3) is 5.91 Å². The lowest BCUT2D eigenvalue weighted by molar-refractivity contribution is -0.125. The molecule has 8 heteroatoms. The van der Waals surface area contributed by atoms with Gasteiger partial charge in [-0.3, -0.25) is 9.59 Å². The van der Waals surface area contributed by atoms with Crippen molar-refractivity contribution in [3.8, 4) is 0 Å². The Balaban J connectivity index is 1.58. The second kappa shape index (κ2) is 10.2. The maximum absolute atomic E-state index is 12.9. The van der Waals surface area contributed by atoms with Crippen molar-refractivity contribution in [3.63, 3.8) is 0 Å². The highest BCUT2D eigenvalue weighted by atomic mass is 35.5. The molecular weight excluding hydrogens is 404 g/mol. The molecule has 1 heterocycles. The molecule has 1 aliphatic heterocycles. The fourth-order valence-electron chi connectivity index (χ4n) is 4.34. The lowest BCUT2D eigenvalue weighted by Crippen LogP contribution is -2.44. The normalized spacial score (nSPS) is 18.0. The van der Waals surface area contributed by atoms with Gasteiger partial charge in [0.2, 0.25) is 5.91 Å². The summed E-state index contributed by atoms with van der Waals surface area (Å²) in [5.74, 6) is -0.0960. The zero-order chi connectivity index (χ0) is 21.7. The smallest absolute Gasteiger partial charge is 0.321 e. The number of carbonyl (C=O) groups excluding carboxylic acids is 3. The Labute approximate surface area is 183 Å². The van der Waals surface area contributed by atoms with Gasteiger partial charge in [-0.15, -0.1) is 0 Å². The van der Waals surface area contributed by atoms with E-state index in [1.165, 1.54) is 6.42 Å². The van der Waals surface area contributed by atoms with Crippen molar-refractivity contribution in [3.05, 3.63) is 28.8 Å². The largest absolute Gasteiger partial charge is 0.359 e. The highest BCUT2D eigenvalue weighted by Crippen LogP contribution is 2.27. The molecule has 2 aliphatic rings. The van der Waals surface area contributed by atoms with E-state index >= 15 is 0 Å². The van der Waals surface area contributed by atoms with E-state index in [1.807, 2.05) is 7.05 Å². The molecule has 1 saturated carbocycles. The third-order valence-electron chi connectivity index (χ3n) is 6.29. The van der Waals surface area contributed by atoms with Crippen LogP contribution in [0.4, 0.5) is 10.5 Å². The quantitative estimate of drug-likeness (QED) is 0.757. The number of nitrogens with zero attached hydrogens (tertiary/aromatic N) is 2. The molecule has 0 bridgehead atoms. The summed E-state index contributed by atoms with van der Waals surface area (Å²) in [6.45, 7) is 1.06. The molecule has 4 amide bonds. The molecular formula is C22H31ClN4O3. The third-order valence-corrected chi connectivity index (χ3v) is 6.61. The highest BCUT2D eigenvalue weighted by molar-refractivity contribution is 6.34. The number of likely N-dealkylation sites (tertiary alicyclic amines) is 1. The summed E-state index contributed by atoms with van der Waals surface area (Å²) in [6.07, 6.45) is 6.90. The highest BCUT2D eigenvalue weighted by Gasteiger charge is 2.27. The fourth-order valence-corrected chi connectivity index (χ4v) is 4.60. The number of benzene rings is 1. The minimum Gasteiger partial charge on any atom is -0.359 e. The van der Waals surface area contributed by atoms with Crippen molar-refractivity contribution in [1.82, 2.24) is 15.1 Å². The lowest BCUT2D eigenvalue weighted by atomic mass is 9.94. The zero-order valence-corrected chi connectivity index (χ0v) is 18.5. The van der Waals surface area contributed by atoms with E-state index in [0.717, 1.165) is 25.7 Å². The number of hydrogen-bond donors (Lipinski definition) is 2. The first-order chi connectivity index (χ1) is 14.4. The molecule has 164 valence electrons. The Kier molecular flexibility index (Phi) is 7.58. The molecule has 2 N–H and O–H groups in total. The van der Waals surface area contributed by atoms with Crippen LogP contribution in [0.3, 0.4) is 0 Å². The topological polar surface area (TPSA) is 81.8 Å². The van der Waals surface area contributed by atoms with Crippen molar-refractivity contribution >= 4 is 35.1 Å². The van der Waals surface area contributed by atoms with Crippen molar-refractivity contribution < 1.29 is 14.4 Å². The van der Waals surface area contributed by atoms with Crippen LogP contribution in [-0.2, 0) is 4.79 Å². The van der Waals surface area contributed by atoms with Crippen LogP contribution in [0, 0.1) is 5.92 Å². The SMILES string of the molecule is CNC(=O)C1CCN(C(=O)Nc2ccc(C(=O)N(C)C3CCCCC3)c(Cl)c2)CC1. The van der Waals surface area contributed by atoms with E-state index in [4.69, 9.17) is 11.6 Å². The predicted molar refractivity (Wildman–Crippen MR) is 118 cm³/mol. The van der Waals surface area contributed by atoms with E-state index < -0.39 is 0 Å². The minimum atomic E-state index is -0.222. The standard InChI is InChI=1S/C22H31ClN4O3/c1-24-20(28)15-10-12-27(13-11-15)22(30)25-16-8-9-18(19(23)14-16)21(29)26(2)17-6-4-3-5-7-17/h8-9,14-15,17H,3-7,10-13H2,1-2H3,(H,24,28)(H,25,30). The fraction of sp³-hybridized carbons (Fsp3) is 0.591. The van der Waals surface area contributed by atoms with Crippen LogP contribution >= 0.6 is 11.6 Å². The molecule has 1 aromatic rings. The summed E-state index contributed by atoms with van der Waals surface area (Å²) < 4.78 is 0. The number of anilines is 1. The van der Waals surface area contributed by atoms with Gasteiger partial charge in [0, 0.05) is 44.8 Å². The molecule has 0 aromatic heterocycles. The van der Waals surface area contributed by atoms with Gasteiger partial charge in [-0.25, -0.2) is 4.79 Å². The molecule has 3 rings (SSSR count). The molecule has 0 atom stereocenters. The Bertz CT molecular complexity index is 787. The third kappa shape index (κ3) is 5.25. The van der Waals surface area contributed by atoms with Crippen LogP contribution in [0.25, 0.3) is 0 Å². The maximum Gasteiger partial charge on any atom is 0.321 e. The summed E-state index contributed by atoms with van der Waals surface area (Å²) in [6, 6.07) is 5.05. The molecule has 2 fully saturated rings. The summed E-state index contributed by atoms with van der Waals surface area (Å²) in [5.41, 5.74) is 1.00. The van der Waals surface area contributed by atoms with Crippen molar-refractivity contribution in [2.24, 2.45) is 5.92 Å². The van der Waals surface area contributed by atoms with E-state index in [9.17, 15) is 14.4 Å². The molecule has 0 unspecified atom stereocenters. The van der Waals surface area contributed by atoms with E-state index in [1.54, 1.807) is 35.0 Å². The van der Waals surface area contributed by atoms with Crippen LogP contribution in [0.1, 0.15) is 55.3 Å². The molecule has 30 heavy (non-hydrogen) atoms. The number of amides is 4. The number of carbonyl (C=O) groups is 3. The first-order valence-corrected chi connectivity index (χ1v) is 11.1. The Hall–Kier alpha value is -2.28. The van der Waals surface area contributed by atoms with Crippen LogP contribution in [0.5, 0.6) is 0 Å². The van der Waals surface area contributed by atoms with Crippen LogP contribution in [-0.4, -0.2) is 60.9 Å². The Morgan fingerprint density at radius 2 is 1.73 bits per heavy atom. The second-order valence-corrected chi connectivity index (χ2v) is 8.62. The number of nitrogens with one attached hydrogen (secondary N) is 2. The summed E-state index contributed by atoms with van der Waals surface area (Å²) in [4.78, 5) is 40.7. The Morgan fingerprint density at radius 1 is 1.07 bits per heavy atom. The summed E-state index contributed by atoms with van der Waals surface area (Å²) in [5, 5.41) is 5.84. The van der Waals surface area contributed by atoms with Crippen molar-refractivity contribution in [2.45, 2.75) is 51.0 Å². The van der Waals surface area contributed by atoms with E-state index in [-0.39, 0.29) is 29.8 Å². The van der Waals surface area contributed by atoms with E-state index in [0.29, 0.717) is 42.2 Å². The molecule has 1 saturated heterocycles. The molecule has 1 aliphatic carbocycles. The molecule has 0 spiro atoms. The van der Waals surface area contributed by atoms with Crippen molar-refractivity contribution in [1.29, 1.82) is 0 Å². The summed E-state index contributed by atoms with van der Waals surface area (Å²) in [7, 11) is 3.47. The minimum absolute atomic E-state index is 0.0280.